The van der Waals surface area contributed by atoms with Crippen LogP contribution in [-0.4, -0.2) is 27.1 Å². The van der Waals surface area contributed by atoms with Gasteiger partial charge in [0.25, 0.3) is 0 Å². The molecule has 0 atom stereocenters. The Labute approximate surface area is 156 Å². The standard InChI is InChI=1S/C20H26N2O3S/c1-15-5-8-18(9-6-15)14-21-20(23)11-12-22(26(4,24)25)19-10-7-16(2)13-17(19)3/h5-10,13H,11-12,14H2,1-4H3,(H,21,23). The fourth-order valence-corrected chi connectivity index (χ4v) is 3.73. The molecule has 0 aliphatic carbocycles. The van der Waals surface area contributed by atoms with Gasteiger partial charge in [-0.1, -0.05) is 47.5 Å². The first-order valence-electron chi connectivity index (χ1n) is 8.54. The van der Waals surface area contributed by atoms with Gasteiger partial charge in [0.1, 0.15) is 0 Å². The number of rotatable bonds is 7. The molecule has 0 aliphatic rings. The van der Waals surface area contributed by atoms with Crippen LogP contribution in [0.2, 0.25) is 0 Å². The Morgan fingerprint density at radius 3 is 2.19 bits per heavy atom. The van der Waals surface area contributed by atoms with Gasteiger partial charge in [0.05, 0.1) is 11.9 Å². The lowest BCUT2D eigenvalue weighted by atomic mass is 10.1. The summed E-state index contributed by atoms with van der Waals surface area (Å²) in [7, 11) is -3.47. The van der Waals surface area contributed by atoms with E-state index in [2.05, 4.69) is 5.32 Å². The number of hydrogen-bond donors (Lipinski definition) is 1. The van der Waals surface area contributed by atoms with E-state index < -0.39 is 10.0 Å². The predicted octanol–water partition coefficient (Wildman–Crippen LogP) is 3.08. The molecule has 2 aromatic carbocycles. The van der Waals surface area contributed by atoms with E-state index in [-0.39, 0.29) is 18.9 Å². The Hall–Kier alpha value is -2.34. The summed E-state index contributed by atoms with van der Waals surface area (Å²) in [4.78, 5) is 12.2. The van der Waals surface area contributed by atoms with E-state index in [1.165, 1.54) is 4.31 Å². The van der Waals surface area contributed by atoms with Crippen LogP contribution in [0, 0.1) is 20.8 Å². The molecular weight excluding hydrogens is 348 g/mol. The van der Waals surface area contributed by atoms with Crippen molar-refractivity contribution in [2.75, 3.05) is 17.1 Å². The van der Waals surface area contributed by atoms with Crippen LogP contribution in [0.25, 0.3) is 0 Å². The number of nitrogens with one attached hydrogen (secondary N) is 1. The first kappa shape index (κ1) is 20.0. The molecule has 0 heterocycles. The normalized spacial score (nSPS) is 11.2. The average molecular weight is 375 g/mol. The third kappa shape index (κ3) is 5.59. The third-order valence-corrected chi connectivity index (χ3v) is 5.35. The second-order valence-electron chi connectivity index (χ2n) is 6.64. The van der Waals surface area contributed by atoms with Crippen LogP contribution >= 0.6 is 0 Å². The lowest BCUT2D eigenvalue weighted by Crippen LogP contribution is -2.35. The average Bonchev–Trinajstić information content (AvgIpc) is 2.55. The number of sulfonamides is 1. The smallest absolute Gasteiger partial charge is 0.232 e. The van der Waals surface area contributed by atoms with Crippen LogP contribution in [0.15, 0.2) is 42.5 Å². The van der Waals surface area contributed by atoms with Gasteiger partial charge in [0, 0.05) is 19.5 Å². The van der Waals surface area contributed by atoms with Gasteiger partial charge in [-0.05, 0) is 38.0 Å². The van der Waals surface area contributed by atoms with Crippen molar-refractivity contribution >= 4 is 21.6 Å². The summed E-state index contributed by atoms with van der Waals surface area (Å²) in [5, 5.41) is 2.84. The summed E-state index contributed by atoms with van der Waals surface area (Å²) in [6, 6.07) is 13.5. The lowest BCUT2D eigenvalue weighted by Gasteiger charge is -2.24. The van der Waals surface area contributed by atoms with Crippen LogP contribution in [0.4, 0.5) is 5.69 Å². The number of benzene rings is 2. The van der Waals surface area contributed by atoms with Gasteiger partial charge in [-0.25, -0.2) is 8.42 Å². The third-order valence-electron chi connectivity index (χ3n) is 4.17. The van der Waals surface area contributed by atoms with Crippen molar-refractivity contribution in [3.8, 4) is 0 Å². The van der Waals surface area contributed by atoms with Crippen molar-refractivity contribution in [1.29, 1.82) is 0 Å². The highest BCUT2D eigenvalue weighted by atomic mass is 32.2. The van der Waals surface area contributed by atoms with Crippen LogP contribution in [-0.2, 0) is 21.4 Å². The van der Waals surface area contributed by atoms with Crippen molar-refractivity contribution in [2.45, 2.75) is 33.7 Å². The molecular formula is C20H26N2O3S. The molecule has 5 nitrogen and oxygen atoms in total. The highest BCUT2D eigenvalue weighted by Crippen LogP contribution is 2.23. The lowest BCUT2D eigenvalue weighted by molar-refractivity contribution is -0.121. The molecule has 0 saturated heterocycles. The van der Waals surface area contributed by atoms with Gasteiger partial charge in [-0.3, -0.25) is 9.10 Å². The van der Waals surface area contributed by atoms with Gasteiger partial charge >= 0.3 is 0 Å². The summed E-state index contributed by atoms with van der Waals surface area (Å²) >= 11 is 0. The molecule has 0 unspecified atom stereocenters. The first-order valence-corrected chi connectivity index (χ1v) is 10.4. The summed E-state index contributed by atoms with van der Waals surface area (Å²) in [6.45, 7) is 6.39. The largest absolute Gasteiger partial charge is 0.352 e. The second kappa shape index (κ2) is 8.36. The molecule has 0 saturated carbocycles. The van der Waals surface area contributed by atoms with E-state index in [0.29, 0.717) is 12.2 Å². The Bertz CT molecular complexity index is 874. The topological polar surface area (TPSA) is 66.5 Å². The number of carbonyl (C=O) groups is 1. The van der Waals surface area contributed by atoms with Gasteiger partial charge < -0.3 is 5.32 Å². The minimum Gasteiger partial charge on any atom is -0.352 e. The number of anilines is 1. The van der Waals surface area contributed by atoms with Gasteiger partial charge in [-0.2, -0.15) is 0 Å². The van der Waals surface area contributed by atoms with Gasteiger partial charge in [-0.15, -0.1) is 0 Å². The van der Waals surface area contributed by atoms with Crippen LogP contribution < -0.4 is 9.62 Å². The minimum absolute atomic E-state index is 0.103. The van der Waals surface area contributed by atoms with E-state index in [1.807, 2.05) is 57.2 Å². The van der Waals surface area contributed by atoms with Crippen LogP contribution in [0.5, 0.6) is 0 Å². The molecule has 2 aromatic rings. The van der Waals surface area contributed by atoms with Gasteiger partial charge in [0.15, 0.2) is 0 Å². The molecule has 0 spiro atoms. The molecule has 140 valence electrons. The maximum atomic E-state index is 12.2. The van der Waals surface area contributed by atoms with E-state index in [1.54, 1.807) is 6.07 Å². The summed E-state index contributed by atoms with van der Waals surface area (Å²) in [6.07, 6.45) is 1.27. The number of amides is 1. The monoisotopic (exact) mass is 374 g/mol. The molecule has 6 heteroatoms. The molecule has 26 heavy (non-hydrogen) atoms. The highest BCUT2D eigenvalue weighted by Gasteiger charge is 2.20. The summed E-state index contributed by atoms with van der Waals surface area (Å²) in [5.41, 5.74) is 4.73. The summed E-state index contributed by atoms with van der Waals surface area (Å²) < 4.78 is 25.7. The van der Waals surface area contributed by atoms with E-state index >= 15 is 0 Å². The van der Waals surface area contributed by atoms with Crippen molar-refractivity contribution in [3.05, 3.63) is 64.7 Å². The van der Waals surface area contributed by atoms with Gasteiger partial charge in [0.2, 0.25) is 15.9 Å². The zero-order valence-electron chi connectivity index (χ0n) is 15.7. The van der Waals surface area contributed by atoms with E-state index in [0.717, 1.165) is 28.5 Å². The Balaban J connectivity index is 2.01. The van der Waals surface area contributed by atoms with Crippen LogP contribution in [0.3, 0.4) is 0 Å². The zero-order chi connectivity index (χ0) is 19.3. The molecule has 1 N–H and O–H groups in total. The van der Waals surface area contributed by atoms with Crippen molar-refractivity contribution in [3.63, 3.8) is 0 Å². The first-order chi connectivity index (χ1) is 12.2. The van der Waals surface area contributed by atoms with E-state index in [9.17, 15) is 13.2 Å². The molecule has 0 fully saturated rings. The molecule has 0 aromatic heterocycles. The van der Waals surface area contributed by atoms with Crippen molar-refractivity contribution in [2.24, 2.45) is 0 Å². The number of aryl methyl sites for hydroxylation is 3. The second-order valence-corrected chi connectivity index (χ2v) is 8.54. The Kier molecular flexibility index (Phi) is 6.42. The predicted molar refractivity (Wildman–Crippen MR) is 106 cm³/mol. The van der Waals surface area contributed by atoms with Crippen molar-refractivity contribution in [1.82, 2.24) is 5.32 Å². The van der Waals surface area contributed by atoms with E-state index in [4.69, 9.17) is 0 Å². The maximum absolute atomic E-state index is 12.2. The molecule has 1 amide bonds. The highest BCUT2D eigenvalue weighted by molar-refractivity contribution is 7.92. The number of hydrogen-bond acceptors (Lipinski definition) is 3. The molecule has 0 bridgehead atoms. The fraction of sp³-hybridized carbons (Fsp3) is 0.350. The molecule has 2 rings (SSSR count). The Morgan fingerprint density at radius 1 is 1.00 bits per heavy atom. The summed E-state index contributed by atoms with van der Waals surface area (Å²) in [5.74, 6) is -0.177. The molecule has 0 aliphatic heterocycles. The van der Waals surface area contributed by atoms with Crippen LogP contribution in [0.1, 0.15) is 28.7 Å². The number of nitrogens with zero attached hydrogens (tertiary/aromatic N) is 1. The Morgan fingerprint density at radius 2 is 1.62 bits per heavy atom. The maximum Gasteiger partial charge on any atom is 0.232 e. The minimum atomic E-state index is -3.47. The fourth-order valence-electron chi connectivity index (χ4n) is 2.75. The van der Waals surface area contributed by atoms with Crippen molar-refractivity contribution < 1.29 is 13.2 Å². The molecule has 0 radical (unpaired) electrons. The quantitative estimate of drug-likeness (QED) is 0.810. The SMILES string of the molecule is Cc1ccc(CNC(=O)CCN(c2ccc(C)cc2C)S(C)(=O)=O)cc1. The zero-order valence-corrected chi connectivity index (χ0v) is 16.6. The number of carbonyl (C=O) groups excluding carboxylic acids is 1.